The molecule has 0 unspecified atom stereocenters. The van der Waals surface area contributed by atoms with E-state index in [9.17, 15) is 4.79 Å². The van der Waals surface area contributed by atoms with Gasteiger partial charge in [0.25, 0.3) is 0 Å². The van der Waals surface area contributed by atoms with E-state index in [0.29, 0.717) is 5.56 Å². The van der Waals surface area contributed by atoms with E-state index in [0.717, 1.165) is 62.2 Å². The van der Waals surface area contributed by atoms with Gasteiger partial charge in [-0.15, -0.1) is 0 Å². The molecule has 0 spiro atoms. The maximum atomic E-state index is 12.7. The van der Waals surface area contributed by atoms with Crippen molar-refractivity contribution in [1.29, 1.82) is 0 Å². The normalized spacial score (nSPS) is 20.2. The molecule has 1 aromatic carbocycles. The number of carbonyl (C=O) groups is 1. The number of piperazine rings is 1. The van der Waals surface area contributed by atoms with Gasteiger partial charge in [0.15, 0.2) is 5.78 Å². The highest BCUT2D eigenvalue weighted by Crippen LogP contribution is 2.33. The predicted octanol–water partition coefficient (Wildman–Crippen LogP) is 2.05. The van der Waals surface area contributed by atoms with E-state index < -0.39 is 0 Å². The Balaban J connectivity index is 1.47. The number of rotatable bonds is 3. The smallest absolute Gasteiger partial charge is 0.191 e. The molecular formula is C22H24N6O. The molecule has 1 aromatic heterocycles. The molecule has 29 heavy (non-hydrogen) atoms. The molecule has 2 aromatic rings. The third-order valence-electron chi connectivity index (χ3n) is 5.72. The van der Waals surface area contributed by atoms with Crippen molar-refractivity contribution in [3.05, 3.63) is 65.7 Å². The molecule has 3 aliphatic rings. The molecule has 0 aliphatic carbocycles. The SMILES string of the molecule is CN1CCN(c2ccc3c(c2)N/C(=C\C(=O)c2cccnc2)N2CCN=C32)CC1. The number of allylic oxidation sites excluding steroid dienone is 1. The first-order valence-electron chi connectivity index (χ1n) is 10.0. The first-order chi connectivity index (χ1) is 14.2. The summed E-state index contributed by atoms with van der Waals surface area (Å²) in [5.74, 6) is 1.65. The van der Waals surface area contributed by atoms with Crippen molar-refractivity contribution >= 4 is 23.0 Å². The topological polar surface area (TPSA) is 64.1 Å². The largest absolute Gasteiger partial charge is 0.369 e. The molecule has 1 N–H and O–H groups in total. The van der Waals surface area contributed by atoms with Gasteiger partial charge in [-0.3, -0.25) is 14.8 Å². The predicted molar refractivity (Wildman–Crippen MR) is 115 cm³/mol. The van der Waals surface area contributed by atoms with E-state index in [1.807, 2.05) is 0 Å². The zero-order chi connectivity index (χ0) is 19.8. The first-order valence-corrected chi connectivity index (χ1v) is 10.0. The van der Waals surface area contributed by atoms with Crippen LogP contribution in [0.5, 0.6) is 0 Å². The number of amidine groups is 1. The Hall–Kier alpha value is -3.19. The molecule has 0 saturated carbocycles. The number of aromatic nitrogens is 1. The summed E-state index contributed by atoms with van der Waals surface area (Å²) in [4.78, 5) is 28.3. The molecule has 148 valence electrons. The van der Waals surface area contributed by atoms with E-state index in [1.165, 1.54) is 5.69 Å². The molecular weight excluding hydrogens is 364 g/mol. The Kier molecular flexibility index (Phi) is 4.52. The van der Waals surface area contributed by atoms with Crippen LogP contribution >= 0.6 is 0 Å². The maximum absolute atomic E-state index is 12.7. The third-order valence-corrected chi connectivity index (χ3v) is 5.72. The van der Waals surface area contributed by atoms with E-state index in [2.05, 4.69) is 50.2 Å². The lowest BCUT2D eigenvalue weighted by Crippen LogP contribution is -2.44. The minimum atomic E-state index is -0.0643. The van der Waals surface area contributed by atoms with Gasteiger partial charge in [0.05, 0.1) is 12.2 Å². The van der Waals surface area contributed by atoms with E-state index in [-0.39, 0.29) is 5.78 Å². The zero-order valence-electron chi connectivity index (χ0n) is 16.5. The van der Waals surface area contributed by atoms with Crippen molar-refractivity contribution in [2.24, 2.45) is 4.99 Å². The molecule has 3 aliphatic heterocycles. The van der Waals surface area contributed by atoms with Gasteiger partial charge in [-0.05, 0) is 37.4 Å². The van der Waals surface area contributed by atoms with E-state index in [4.69, 9.17) is 4.99 Å². The van der Waals surface area contributed by atoms with E-state index >= 15 is 0 Å². The summed E-state index contributed by atoms with van der Waals surface area (Å²) < 4.78 is 0. The van der Waals surface area contributed by atoms with Crippen molar-refractivity contribution in [1.82, 2.24) is 14.8 Å². The lowest BCUT2D eigenvalue weighted by Gasteiger charge is -2.36. The Labute approximate surface area is 170 Å². The molecule has 5 rings (SSSR count). The maximum Gasteiger partial charge on any atom is 0.191 e. The minimum Gasteiger partial charge on any atom is -0.369 e. The fourth-order valence-electron chi connectivity index (χ4n) is 4.04. The number of nitrogens with zero attached hydrogens (tertiary/aromatic N) is 5. The fraction of sp³-hybridized carbons (Fsp3) is 0.318. The van der Waals surface area contributed by atoms with Gasteiger partial charge in [0, 0.05) is 68.0 Å². The quantitative estimate of drug-likeness (QED) is 0.641. The number of hydrogen-bond donors (Lipinski definition) is 1. The lowest BCUT2D eigenvalue weighted by atomic mass is 10.1. The first kappa shape index (κ1) is 17.9. The van der Waals surface area contributed by atoms with Gasteiger partial charge in [-0.25, -0.2) is 0 Å². The monoisotopic (exact) mass is 388 g/mol. The number of hydrogen-bond acceptors (Lipinski definition) is 7. The van der Waals surface area contributed by atoms with Crippen LogP contribution < -0.4 is 10.2 Å². The highest BCUT2D eigenvalue weighted by atomic mass is 16.1. The van der Waals surface area contributed by atoms with Crippen molar-refractivity contribution in [2.45, 2.75) is 0 Å². The number of aliphatic imine (C=N–C) groups is 1. The second-order valence-corrected chi connectivity index (χ2v) is 7.64. The third kappa shape index (κ3) is 3.38. The molecule has 4 heterocycles. The highest BCUT2D eigenvalue weighted by molar-refractivity contribution is 6.10. The van der Waals surface area contributed by atoms with Crippen LogP contribution in [0.2, 0.25) is 0 Å². The van der Waals surface area contributed by atoms with Crippen molar-refractivity contribution in [2.75, 3.05) is 56.5 Å². The molecule has 7 nitrogen and oxygen atoms in total. The second kappa shape index (κ2) is 7.33. The van der Waals surface area contributed by atoms with Crippen LogP contribution in [0, 0.1) is 0 Å². The summed E-state index contributed by atoms with van der Waals surface area (Å²) in [6, 6.07) is 10.1. The Morgan fingerprint density at radius 2 is 2.00 bits per heavy atom. The van der Waals surface area contributed by atoms with Crippen molar-refractivity contribution in [3.63, 3.8) is 0 Å². The number of ketones is 1. The van der Waals surface area contributed by atoms with Gasteiger partial charge >= 0.3 is 0 Å². The Morgan fingerprint density at radius 3 is 2.79 bits per heavy atom. The van der Waals surface area contributed by atoms with Gasteiger partial charge < -0.3 is 20.0 Å². The molecule has 0 atom stereocenters. The second-order valence-electron chi connectivity index (χ2n) is 7.64. The zero-order valence-corrected chi connectivity index (χ0v) is 16.5. The van der Waals surface area contributed by atoms with Crippen LogP contribution in [0.25, 0.3) is 0 Å². The average molecular weight is 388 g/mol. The van der Waals surface area contributed by atoms with Crippen LogP contribution in [0.15, 0.2) is 59.6 Å². The molecule has 0 radical (unpaired) electrons. The summed E-state index contributed by atoms with van der Waals surface area (Å²) in [5, 5.41) is 3.49. The summed E-state index contributed by atoms with van der Waals surface area (Å²) in [5.41, 5.74) is 3.88. The van der Waals surface area contributed by atoms with Crippen LogP contribution in [-0.4, -0.2) is 72.7 Å². The molecule has 1 fully saturated rings. The summed E-state index contributed by atoms with van der Waals surface area (Å²) in [6.07, 6.45) is 4.92. The number of anilines is 2. The molecule has 0 bridgehead atoms. The van der Waals surface area contributed by atoms with Crippen molar-refractivity contribution in [3.8, 4) is 0 Å². The lowest BCUT2D eigenvalue weighted by molar-refractivity contribution is 0.104. The highest BCUT2D eigenvalue weighted by Gasteiger charge is 2.30. The van der Waals surface area contributed by atoms with Gasteiger partial charge in [0.2, 0.25) is 0 Å². The standard InChI is InChI=1S/C22H24N6O/c1-26-9-11-27(12-10-26)17-4-5-18-19(13-17)25-21(28-8-7-24-22(18)28)14-20(29)16-3-2-6-23-15-16/h2-6,13-15,25H,7-12H2,1H3/b21-14+. The number of benzene rings is 1. The van der Waals surface area contributed by atoms with Crippen LogP contribution in [-0.2, 0) is 0 Å². The summed E-state index contributed by atoms with van der Waals surface area (Å²) in [6.45, 7) is 5.67. The number of likely N-dealkylation sites (N-methyl/N-ethyl adjacent to an activating group) is 1. The van der Waals surface area contributed by atoms with Gasteiger partial charge in [0.1, 0.15) is 11.7 Å². The van der Waals surface area contributed by atoms with Gasteiger partial charge in [-0.2, -0.15) is 0 Å². The molecule has 0 amide bonds. The van der Waals surface area contributed by atoms with Crippen LogP contribution in [0.1, 0.15) is 15.9 Å². The van der Waals surface area contributed by atoms with Gasteiger partial charge in [-0.1, -0.05) is 0 Å². The molecule has 1 saturated heterocycles. The number of fused-ring (bicyclic) bond motifs is 3. The van der Waals surface area contributed by atoms with Crippen molar-refractivity contribution < 1.29 is 4.79 Å². The minimum absolute atomic E-state index is 0.0643. The fourth-order valence-corrected chi connectivity index (χ4v) is 4.04. The number of pyridine rings is 1. The average Bonchev–Trinajstić information content (AvgIpc) is 3.25. The summed E-state index contributed by atoms with van der Waals surface area (Å²) in [7, 11) is 2.16. The summed E-state index contributed by atoms with van der Waals surface area (Å²) >= 11 is 0. The Bertz CT molecular complexity index is 992. The van der Waals surface area contributed by atoms with E-state index in [1.54, 1.807) is 30.6 Å². The number of carbonyl (C=O) groups excluding carboxylic acids is 1. The van der Waals surface area contributed by atoms with Crippen LogP contribution in [0.4, 0.5) is 11.4 Å². The molecule has 7 heteroatoms. The number of nitrogens with one attached hydrogen (secondary N) is 1. The Morgan fingerprint density at radius 1 is 1.14 bits per heavy atom. The van der Waals surface area contributed by atoms with Crippen LogP contribution in [0.3, 0.4) is 0 Å².